The van der Waals surface area contributed by atoms with Gasteiger partial charge in [0.15, 0.2) is 15.8 Å². The topological polar surface area (TPSA) is 73.8 Å². The summed E-state index contributed by atoms with van der Waals surface area (Å²) in [4.78, 5) is 7.10. The van der Waals surface area contributed by atoms with Gasteiger partial charge < -0.3 is 15.5 Å². The van der Waals surface area contributed by atoms with Crippen molar-refractivity contribution in [1.29, 1.82) is 0 Å². The molecule has 30 heavy (non-hydrogen) atoms. The summed E-state index contributed by atoms with van der Waals surface area (Å²) in [6.45, 7) is 6.34. The molecule has 0 saturated heterocycles. The minimum atomic E-state index is -3.19. The van der Waals surface area contributed by atoms with E-state index in [-0.39, 0.29) is 24.0 Å². The van der Waals surface area contributed by atoms with Crippen molar-refractivity contribution >= 4 is 45.5 Å². The zero-order valence-electron chi connectivity index (χ0n) is 18.0. The molecule has 0 fully saturated rings. The second-order valence-electron chi connectivity index (χ2n) is 7.60. The Bertz CT molecular complexity index is 1010. The normalized spacial score (nSPS) is 16.1. The van der Waals surface area contributed by atoms with Crippen LogP contribution in [0.25, 0.3) is 0 Å². The third kappa shape index (κ3) is 5.87. The fourth-order valence-corrected chi connectivity index (χ4v) is 4.87. The number of para-hydroxylation sites is 1. The Balaban J connectivity index is 0.00000320. The Kier molecular flexibility index (Phi) is 8.54. The third-order valence-corrected chi connectivity index (χ3v) is 6.57. The van der Waals surface area contributed by atoms with Crippen LogP contribution in [0.1, 0.15) is 23.6 Å². The molecule has 164 valence electrons. The summed E-state index contributed by atoms with van der Waals surface area (Å²) >= 11 is 0. The number of fused-ring (bicyclic) bond motifs is 1. The van der Waals surface area contributed by atoms with E-state index in [1.54, 1.807) is 13.1 Å². The molecule has 0 aromatic heterocycles. The number of hydrogen-bond acceptors (Lipinski definition) is 4. The maximum atomic E-state index is 11.8. The molecule has 6 nitrogen and oxygen atoms in total. The molecule has 1 unspecified atom stereocenters. The van der Waals surface area contributed by atoms with Crippen molar-refractivity contribution in [1.82, 2.24) is 10.6 Å². The van der Waals surface area contributed by atoms with Gasteiger partial charge in [-0.25, -0.2) is 8.42 Å². The van der Waals surface area contributed by atoms with E-state index in [2.05, 4.69) is 51.7 Å². The first-order valence-electron chi connectivity index (χ1n) is 9.88. The van der Waals surface area contributed by atoms with E-state index in [4.69, 9.17) is 0 Å². The van der Waals surface area contributed by atoms with Crippen molar-refractivity contribution in [2.24, 2.45) is 4.99 Å². The molecule has 8 heteroatoms. The molecule has 1 atom stereocenters. The van der Waals surface area contributed by atoms with Crippen molar-refractivity contribution in [2.45, 2.75) is 37.8 Å². The van der Waals surface area contributed by atoms with Gasteiger partial charge in [-0.1, -0.05) is 30.3 Å². The van der Waals surface area contributed by atoms with Crippen LogP contribution in [0, 0.1) is 6.92 Å². The van der Waals surface area contributed by atoms with E-state index in [9.17, 15) is 8.42 Å². The molecule has 0 aliphatic carbocycles. The first-order chi connectivity index (χ1) is 13.8. The SMILES string of the molecule is CN=C(NCCN1c2ccccc2CC1C)NCc1ccc(S(C)(=O)=O)c(C)c1.I. The highest BCUT2D eigenvalue weighted by molar-refractivity contribution is 14.0. The first-order valence-corrected chi connectivity index (χ1v) is 11.8. The first kappa shape index (κ1) is 24.5. The number of rotatable bonds is 6. The quantitative estimate of drug-likeness (QED) is 0.334. The Morgan fingerprint density at radius 1 is 1.20 bits per heavy atom. The molecular formula is C22H31IN4O2S. The van der Waals surface area contributed by atoms with Gasteiger partial charge in [-0.15, -0.1) is 24.0 Å². The van der Waals surface area contributed by atoms with Crippen molar-refractivity contribution in [2.75, 3.05) is 31.3 Å². The van der Waals surface area contributed by atoms with Crippen LogP contribution in [-0.2, 0) is 22.8 Å². The Morgan fingerprint density at radius 3 is 2.60 bits per heavy atom. The lowest BCUT2D eigenvalue weighted by atomic mass is 10.1. The lowest BCUT2D eigenvalue weighted by Crippen LogP contribution is -2.42. The van der Waals surface area contributed by atoms with E-state index in [0.29, 0.717) is 17.5 Å². The molecule has 0 spiro atoms. The van der Waals surface area contributed by atoms with Crippen LogP contribution in [0.2, 0.25) is 0 Å². The molecule has 0 amide bonds. The van der Waals surface area contributed by atoms with Crippen LogP contribution >= 0.6 is 24.0 Å². The van der Waals surface area contributed by atoms with Crippen molar-refractivity contribution in [3.05, 3.63) is 59.2 Å². The van der Waals surface area contributed by atoms with Crippen molar-refractivity contribution < 1.29 is 8.42 Å². The highest BCUT2D eigenvalue weighted by Gasteiger charge is 2.24. The van der Waals surface area contributed by atoms with Gasteiger partial charge in [0.25, 0.3) is 0 Å². The number of halogens is 1. The Morgan fingerprint density at radius 2 is 1.93 bits per heavy atom. The molecule has 0 bridgehead atoms. The van der Waals surface area contributed by atoms with Crippen LogP contribution in [-0.4, -0.2) is 46.8 Å². The lowest BCUT2D eigenvalue weighted by Gasteiger charge is -2.25. The predicted octanol–water partition coefficient (Wildman–Crippen LogP) is 3.13. The number of nitrogens with zero attached hydrogens (tertiary/aromatic N) is 2. The minimum Gasteiger partial charge on any atom is -0.367 e. The largest absolute Gasteiger partial charge is 0.367 e. The number of hydrogen-bond donors (Lipinski definition) is 2. The van der Waals surface area contributed by atoms with Crippen LogP contribution in [0.15, 0.2) is 52.4 Å². The van der Waals surface area contributed by atoms with Gasteiger partial charge in [-0.2, -0.15) is 0 Å². The summed E-state index contributed by atoms with van der Waals surface area (Å²) in [7, 11) is -1.44. The Labute approximate surface area is 197 Å². The average molecular weight is 542 g/mol. The second kappa shape index (κ2) is 10.5. The van der Waals surface area contributed by atoms with Gasteiger partial charge in [0.2, 0.25) is 0 Å². The number of aliphatic imine (C=N–C) groups is 1. The van der Waals surface area contributed by atoms with Gasteiger partial charge in [-0.05, 0) is 49.1 Å². The van der Waals surface area contributed by atoms with E-state index >= 15 is 0 Å². The number of aryl methyl sites for hydroxylation is 1. The molecule has 1 aliphatic heterocycles. The predicted molar refractivity (Wildman–Crippen MR) is 135 cm³/mol. The molecule has 3 rings (SSSR count). The molecular weight excluding hydrogens is 511 g/mol. The van der Waals surface area contributed by atoms with Crippen molar-refractivity contribution in [3.8, 4) is 0 Å². The van der Waals surface area contributed by atoms with Gasteiger partial charge in [0.05, 0.1) is 4.90 Å². The molecule has 2 N–H and O–H groups in total. The van der Waals surface area contributed by atoms with Gasteiger partial charge in [0.1, 0.15) is 0 Å². The number of guanidine groups is 1. The lowest BCUT2D eigenvalue weighted by molar-refractivity contribution is 0.601. The number of sulfone groups is 1. The van der Waals surface area contributed by atoms with E-state index in [0.717, 1.165) is 36.6 Å². The molecule has 0 saturated carbocycles. The fourth-order valence-electron chi connectivity index (χ4n) is 3.91. The summed E-state index contributed by atoms with van der Waals surface area (Å²) < 4.78 is 23.5. The highest BCUT2D eigenvalue weighted by Crippen LogP contribution is 2.31. The number of anilines is 1. The molecule has 2 aromatic rings. The average Bonchev–Trinajstić information content (AvgIpc) is 2.99. The minimum absolute atomic E-state index is 0. The fraction of sp³-hybridized carbons (Fsp3) is 0.409. The molecule has 1 aliphatic rings. The van der Waals surface area contributed by atoms with Crippen LogP contribution in [0.5, 0.6) is 0 Å². The zero-order valence-corrected chi connectivity index (χ0v) is 21.1. The number of benzene rings is 2. The second-order valence-corrected chi connectivity index (χ2v) is 9.58. The van der Waals surface area contributed by atoms with Crippen LogP contribution in [0.3, 0.4) is 0 Å². The van der Waals surface area contributed by atoms with Gasteiger partial charge >= 0.3 is 0 Å². The zero-order chi connectivity index (χ0) is 21.0. The summed E-state index contributed by atoms with van der Waals surface area (Å²) in [5, 5.41) is 6.67. The molecule has 2 aromatic carbocycles. The van der Waals surface area contributed by atoms with Crippen LogP contribution in [0.4, 0.5) is 5.69 Å². The van der Waals surface area contributed by atoms with E-state index in [1.165, 1.54) is 17.5 Å². The maximum absolute atomic E-state index is 11.8. The monoisotopic (exact) mass is 542 g/mol. The van der Waals surface area contributed by atoms with Crippen molar-refractivity contribution in [3.63, 3.8) is 0 Å². The van der Waals surface area contributed by atoms with Crippen LogP contribution < -0.4 is 15.5 Å². The maximum Gasteiger partial charge on any atom is 0.191 e. The standard InChI is InChI=1S/C22H30N4O2S.HI/c1-16-13-18(9-10-21(16)29(4,27)28)15-25-22(23-3)24-11-12-26-17(2)14-19-7-5-6-8-20(19)26;/h5-10,13,17H,11-12,14-15H2,1-4H3,(H2,23,24,25);1H. The summed E-state index contributed by atoms with van der Waals surface area (Å²) in [5.41, 5.74) is 4.51. The molecule has 1 heterocycles. The van der Waals surface area contributed by atoms with Gasteiger partial charge in [-0.3, -0.25) is 4.99 Å². The molecule has 0 radical (unpaired) electrons. The van der Waals surface area contributed by atoms with Gasteiger partial charge in [0, 0.05) is 44.7 Å². The summed E-state index contributed by atoms with van der Waals surface area (Å²) in [5.74, 6) is 0.731. The smallest absolute Gasteiger partial charge is 0.191 e. The highest BCUT2D eigenvalue weighted by atomic mass is 127. The van der Waals surface area contributed by atoms with E-state index in [1.807, 2.05) is 19.1 Å². The van der Waals surface area contributed by atoms with E-state index < -0.39 is 9.84 Å². The Hall–Kier alpha value is -1.81. The number of nitrogens with one attached hydrogen (secondary N) is 2. The summed E-state index contributed by atoms with van der Waals surface area (Å²) in [6.07, 6.45) is 2.32. The third-order valence-electron chi connectivity index (χ3n) is 5.32. The summed E-state index contributed by atoms with van der Waals surface area (Å²) in [6, 6.07) is 14.5.